The van der Waals surface area contributed by atoms with Gasteiger partial charge in [-0.2, -0.15) is 0 Å². The van der Waals surface area contributed by atoms with Crippen LogP contribution in [0.15, 0.2) is 47.3 Å². The summed E-state index contributed by atoms with van der Waals surface area (Å²) in [5.41, 5.74) is 7.79. The molecule has 0 radical (unpaired) electrons. The summed E-state index contributed by atoms with van der Waals surface area (Å²) < 4.78 is 16.4. The van der Waals surface area contributed by atoms with Crippen molar-refractivity contribution in [2.45, 2.75) is 51.3 Å². The minimum Gasteiger partial charge on any atom is -0.497 e. The van der Waals surface area contributed by atoms with Crippen molar-refractivity contribution in [2.24, 2.45) is 17.6 Å². The Labute approximate surface area is 184 Å². The summed E-state index contributed by atoms with van der Waals surface area (Å²) in [7, 11) is 3.00. The van der Waals surface area contributed by atoms with E-state index in [1.807, 2.05) is 19.1 Å². The standard InChI is InChI=1S/C24H34N2O5/c1-15-11-18(29-3)12-16(2)23(15)31-14-26-10-6-9-20(26)21(27)13-17-7-5-8-19(22(17)25)24(28)30-4/h5,7-8,11-12,15,17,20,22-23H,6,9-10,13-14,25H2,1-4H3. The summed E-state index contributed by atoms with van der Waals surface area (Å²) >= 11 is 0. The molecular formula is C24H34N2O5. The largest absolute Gasteiger partial charge is 0.497 e. The lowest BCUT2D eigenvalue weighted by Gasteiger charge is -2.31. The van der Waals surface area contributed by atoms with E-state index in [2.05, 4.69) is 17.9 Å². The first-order valence-electron chi connectivity index (χ1n) is 10.9. The molecule has 0 aromatic carbocycles. The highest BCUT2D eigenvalue weighted by molar-refractivity contribution is 5.91. The molecule has 1 heterocycles. The normalized spacial score (nSPS) is 31.0. The molecule has 0 aromatic rings. The van der Waals surface area contributed by atoms with Crippen LogP contribution in [0.3, 0.4) is 0 Å². The van der Waals surface area contributed by atoms with Crippen LogP contribution in [0.2, 0.25) is 0 Å². The number of hydrogen-bond donors (Lipinski definition) is 1. The lowest BCUT2D eigenvalue weighted by molar-refractivity contribution is -0.136. The molecule has 5 atom stereocenters. The number of methoxy groups -OCH3 is 2. The first kappa shape index (κ1) is 23.4. The number of nitrogens with two attached hydrogens (primary N) is 1. The van der Waals surface area contributed by atoms with E-state index in [0.29, 0.717) is 18.7 Å². The predicted molar refractivity (Wildman–Crippen MR) is 118 cm³/mol. The van der Waals surface area contributed by atoms with E-state index in [1.165, 1.54) is 7.11 Å². The zero-order chi connectivity index (χ0) is 22.5. The van der Waals surface area contributed by atoms with Crippen LogP contribution < -0.4 is 5.73 Å². The average molecular weight is 431 g/mol. The van der Waals surface area contributed by atoms with Crippen LogP contribution in [0.4, 0.5) is 0 Å². The first-order valence-corrected chi connectivity index (χ1v) is 10.9. The Morgan fingerprint density at radius 2 is 2.06 bits per heavy atom. The Morgan fingerprint density at radius 1 is 1.29 bits per heavy atom. The number of carbonyl (C=O) groups excluding carboxylic acids is 2. The van der Waals surface area contributed by atoms with Gasteiger partial charge in [0.2, 0.25) is 0 Å². The van der Waals surface area contributed by atoms with Crippen molar-refractivity contribution in [1.82, 2.24) is 4.90 Å². The molecule has 3 aliphatic rings. The second-order valence-electron chi connectivity index (χ2n) is 8.57. The van der Waals surface area contributed by atoms with Crippen molar-refractivity contribution in [3.05, 3.63) is 47.3 Å². The summed E-state index contributed by atoms with van der Waals surface area (Å²) in [5.74, 6) is 0.543. The van der Waals surface area contributed by atoms with Gasteiger partial charge in [-0.1, -0.05) is 25.2 Å². The number of rotatable bonds is 8. The Bertz CT molecular complexity index is 813. The minimum atomic E-state index is -0.537. The summed E-state index contributed by atoms with van der Waals surface area (Å²) in [4.78, 5) is 27.1. The van der Waals surface area contributed by atoms with Crippen molar-refractivity contribution in [3.63, 3.8) is 0 Å². The van der Waals surface area contributed by atoms with Gasteiger partial charge in [0.15, 0.2) is 5.78 Å². The summed E-state index contributed by atoms with van der Waals surface area (Å²) in [5, 5.41) is 0. The second-order valence-corrected chi connectivity index (χ2v) is 8.57. The van der Waals surface area contributed by atoms with Gasteiger partial charge in [-0.05, 0) is 37.5 Å². The van der Waals surface area contributed by atoms with Crippen molar-refractivity contribution in [1.29, 1.82) is 0 Å². The predicted octanol–water partition coefficient (Wildman–Crippen LogP) is 2.49. The smallest absolute Gasteiger partial charge is 0.335 e. The van der Waals surface area contributed by atoms with Gasteiger partial charge in [0.1, 0.15) is 12.5 Å². The molecule has 2 aliphatic carbocycles. The number of allylic oxidation sites excluding steroid dienone is 3. The highest BCUT2D eigenvalue weighted by atomic mass is 16.5. The highest BCUT2D eigenvalue weighted by Crippen LogP contribution is 2.29. The molecule has 7 nitrogen and oxygen atoms in total. The maximum atomic E-state index is 13.1. The van der Waals surface area contributed by atoms with Gasteiger partial charge < -0.3 is 19.9 Å². The van der Waals surface area contributed by atoms with E-state index in [4.69, 9.17) is 19.9 Å². The number of likely N-dealkylation sites (tertiary alicyclic amines) is 1. The molecule has 0 spiro atoms. The Balaban J connectivity index is 1.57. The lowest BCUT2D eigenvalue weighted by Crippen LogP contribution is -2.43. The van der Waals surface area contributed by atoms with Crippen molar-refractivity contribution < 1.29 is 23.8 Å². The van der Waals surface area contributed by atoms with Crippen LogP contribution >= 0.6 is 0 Å². The van der Waals surface area contributed by atoms with Gasteiger partial charge >= 0.3 is 5.97 Å². The summed E-state index contributed by atoms with van der Waals surface area (Å²) in [6.07, 6.45) is 11.5. The van der Waals surface area contributed by atoms with Crippen LogP contribution in [0, 0.1) is 11.8 Å². The molecule has 0 saturated carbocycles. The third kappa shape index (κ3) is 5.34. The Kier molecular flexibility index (Phi) is 7.86. The molecule has 170 valence electrons. The topological polar surface area (TPSA) is 91.1 Å². The molecule has 1 aliphatic heterocycles. The van der Waals surface area contributed by atoms with Crippen molar-refractivity contribution in [2.75, 3.05) is 27.5 Å². The fourth-order valence-corrected chi connectivity index (χ4v) is 4.70. The van der Waals surface area contributed by atoms with Crippen LogP contribution in [-0.2, 0) is 23.8 Å². The van der Waals surface area contributed by atoms with Crippen LogP contribution in [0.5, 0.6) is 0 Å². The molecule has 1 saturated heterocycles. The first-order chi connectivity index (χ1) is 14.8. The van der Waals surface area contributed by atoms with E-state index in [-0.39, 0.29) is 29.8 Å². The van der Waals surface area contributed by atoms with Gasteiger partial charge in [0.05, 0.1) is 31.9 Å². The van der Waals surface area contributed by atoms with E-state index in [9.17, 15) is 9.59 Å². The number of ketones is 1. The molecular weight excluding hydrogens is 396 g/mol. The zero-order valence-corrected chi connectivity index (χ0v) is 18.9. The third-order valence-corrected chi connectivity index (χ3v) is 6.43. The van der Waals surface area contributed by atoms with Gasteiger partial charge in [0.25, 0.3) is 0 Å². The maximum Gasteiger partial charge on any atom is 0.335 e. The lowest BCUT2D eigenvalue weighted by atomic mass is 9.84. The molecule has 0 bridgehead atoms. The summed E-state index contributed by atoms with van der Waals surface area (Å²) in [6.45, 7) is 5.39. The van der Waals surface area contributed by atoms with E-state index in [1.54, 1.807) is 19.3 Å². The number of esters is 1. The molecule has 5 unspecified atom stereocenters. The fraction of sp³-hybridized carbons (Fsp3) is 0.583. The van der Waals surface area contributed by atoms with E-state index in [0.717, 1.165) is 30.7 Å². The molecule has 1 fully saturated rings. The van der Waals surface area contributed by atoms with Crippen LogP contribution in [0.25, 0.3) is 0 Å². The third-order valence-electron chi connectivity index (χ3n) is 6.43. The maximum absolute atomic E-state index is 13.1. The number of ether oxygens (including phenoxy) is 3. The number of nitrogens with zero attached hydrogens (tertiary/aromatic N) is 1. The van der Waals surface area contributed by atoms with Gasteiger partial charge in [0, 0.05) is 30.8 Å². The Hall–Kier alpha value is -2.22. The van der Waals surface area contributed by atoms with Crippen molar-refractivity contribution >= 4 is 11.8 Å². The molecule has 3 rings (SSSR count). The van der Waals surface area contributed by atoms with E-state index < -0.39 is 12.0 Å². The van der Waals surface area contributed by atoms with Crippen LogP contribution in [-0.4, -0.2) is 62.3 Å². The second kappa shape index (κ2) is 10.4. The zero-order valence-electron chi connectivity index (χ0n) is 18.9. The minimum absolute atomic E-state index is 0.0299. The molecule has 31 heavy (non-hydrogen) atoms. The fourth-order valence-electron chi connectivity index (χ4n) is 4.70. The highest BCUT2D eigenvalue weighted by Gasteiger charge is 2.35. The number of carbonyl (C=O) groups is 2. The summed E-state index contributed by atoms with van der Waals surface area (Å²) in [6, 6.07) is -0.716. The van der Waals surface area contributed by atoms with Gasteiger partial charge in [-0.3, -0.25) is 9.69 Å². The van der Waals surface area contributed by atoms with Gasteiger partial charge in [-0.25, -0.2) is 4.79 Å². The Morgan fingerprint density at radius 3 is 2.74 bits per heavy atom. The molecule has 2 N–H and O–H groups in total. The average Bonchev–Trinajstić information content (AvgIpc) is 3.22. The number of Topliss-reactive ketones (excluding diaryl/α,β-unsaturated/α-hetero) is 1. The van der Waals surface area contributed by atoms with Crippen molar-refractivity contribution in [3.8, 4) is 0 Å². The molecule has 0 aromatic heterocycles. The van der Waals surface area contributed by atoms with Gasteiger partial charge in [-0.15, -0.1) is 0 Å². The molecule has 0 amide bonds. The van der Waals surface area contributed by atoms with E-state index >= 15 is 0 Å². The number of hydrogen-bond acceptors (Lipinski definition) is 7. The monoisotopic (exact) mass is 430 g/mol. The SMILES string of the molecule is COC(=O)C1=CC=CC(CC(=O)C2CCCN2COC2C(C)=CC(OC)=CC2C)C1N. The molecule has 7 heteroatoms. The van der Waals surface area contributed by atoms with Crippen LogP contribution in [0.1, 0.15) is 33.1 Å². The quantitative estimate of drug-likeness (QED) is 0.592.